The van der Waals surface area contributed by atoms with Crippen molar-refractivity contribution in [2.45, 2.75) is 4.90 Å². The van der Waals surface area contributed by atoms with Crippen molar-refractivity contribution in [3.8, 4) is 11.8 Å². The summed E-state index contributed by atoms with van der Waals surface area (Å²) in [6.07, 6.45) is 0. The van der Waals surface area contributed by atoms with Crippen LogP contribution in [-0.2, 0) is 9.05 Å². The van der Waals surface area contributed by atoms with Crippen LogP contribution in [0, 0.1) is 21.4 Å². The predicted octanol–water partition coefficient (Wildman–Crippen LogP) is 1.40. The first-order valence-corrected chi connectivity index (χ1v) is 6.34. The average Bonchev–Trinajstić information content (AvgIpc) is 2.25. The van der Waals surface area contributed by atoms with E-state index in [9.17, 15) is 18.5 Å². The van der Waals surface area contributed by atoms with Crippen LogP contribution < -0.4 is 4.74 Å². The summed E-state index contributed by atoms with van der Waals surface area (Å²) >= 11 is 0. The maximum atomic E-state index is 11.3. The Morgan fingerprint density at radius 3 is 2.47 bits per heavy atom. The van der Waals surface area contributed by atoms with Gasteiger partial charge in [-0.25, -0.2) is 8.42 Å². The lowest BCUT2D eigenvalue weighted by Crippen LogP contribution is -2.03. The van der Waals surface area contributed by atoms with Gasteiger partial charge in [0.05, 0.1) is 17.6 Å². The van der Waals surface area contributed by atoms with E-state index in [1.807, 2.05) is 0 Å². The Morgan fingerprint density at radius 1 is 1.53 bits per heavy atom. The molecule has 0 fully saturated rings. The molecule has 7 nitrogen and oxygen atoms in total. The normalized spacial score (nSPS) is 10.6. The molecule has 1 rings (SSSR count). The van der Waals surface area contributed by atoms with Crippen molar-refractivity contribution >= 4 is 25.4 Å². The van der Waals surface area contributed by atoms with Gasteiger partial charge in [0.15, 0.2) is 0 Å². The quantitative estimate of drug-likeness (QED) is 0.469. The van der Waals surface area contributed by atoms with Crippen molar-refractivity contribution in [1.29, 1.82) is 5.26 Å². The van der Waals surface area contributed by atoms with Crippen molar-refractivity contribution in [3.05, 3.63) is 27.8 Å². The molecule has 0 N–H and O–H groups in total. The highest BCUT2D eigenvalue weighted by molar-refractivity contribution is 8.13. The molecule has 0 saturated carbocycles. The van der Waals surface area contributed by atoms with Gasteiger partial charge in [-0.1, -0.05) is 0 Å². The lowest BCUT2D eigenvalue weighted by Gasteiger charge is -2.07. The number of nitriles is 1. The molecule has 0 aliphatic heterocycles. The lowest BCUT2D eigenvalue weighted by molar-refractivity contribution is -0.386. The monoisotopic (exact) mass is 276 g/mol. The van der Waals surface area contributed by atoms with Crippen LogP contribution in [0.2, 0.25) is 0 Å². The number of nitro groups is 1. The van der Waals surface area contributed by atoms with Gasteiger partial charge in [0.2, 0.25) is 5.75 Å². The number of benzene rings is 1. The first kappa shape index (κ1) is 13.2. The third-order valence-electron chi connectivity index (χ3n) is 1.86. The minimum Gasteiger partial charge on any atom is -0.489 e. The van der Waals surface area contributed by atoms with Gasteiger partial charge >= 0.3 is 5.69 Å². The first-order valence-electron chi connectivity index (χ1n) is 4.03. The summed E-state index contributed by atoms with van der Waals surface area (Å²) in [6, 6.07) is 3.55. The highest BCUT2D eigenvalue weighted by Crippen LogP contribution is 2.37. The summed E-state index contributed by atoms with van der Waals surface area (Å²) < 4.78 is 27.2. The largest absolute Gasteiger partial charge is 0.489 e. The van der Waals surface area contributed by atoms with Crippen molar-refractivity contribution in [2.75, 3.05) is 7.11 Å². The SMILES string of the molecule is COc1c([N+](=O)[O-])ccc(C#N)c1S(=O)(=O)Cl. The topological polar surface area (TPSA) is 110 Å². The molecule has 0 saturated heterocycles. The second kappa shape index (κ2) is 4.57. The zero-order valence-corrected chi connectivity index (χ0v) is 9.95. The molecule has 17 heavy (non-hydrogen) atoms. The van der Waals surface area contributed by atoms with E-state index in [0.717, 1.165) is 19.2 Å². The fourth-order valence-corrected chi connectivity index (χ4v) is 2.47. The lowest BCUT2D eigenvalue weighted by atomic mass is 10.2. The second-order valence-corrected chi connectivity index (χ2v) is 5.30. The van der Waals surface area contributed by atoms with Gasteiger partial charge in [0.25, 0.3) is 9.05 Å². The minimum absolute atomic E-state index is 0.317. The van der Waals surface area contributed by atoms with Gasteiger partial charge in [0, 0.05) is 16.7 Å². The molecular weight excluding hydrogens is 272 g/mol. The molecule has 90 valence electrons. The molecule has 0 radical (unpaired) electrons. The van der Waals surface area contributed by atoms with Gasteiger partial charge in [-0.2, -0.15) is 5.26 Å². The van der Waals surface area contributed by atoms with Crippen molar-refractivity contribution < 1.29 is 18.1 Å². The Hall–Kier alpha value is -1.85. The molecule has 1 aromatic carbocycles. The Balaban J connectivity index is 3.82. The fraction of sp³-hybridized carbons (Fsp3) is 0.125. The molecule has 0 aromatic heterocycles. The standard InChI is InChI=1S/C8H5ClN2O5S/c1-16-7-6(11(12)13)3-2-5(4-10)8(7)17(9,14)15/h2-3H,1H3. The maximum absolute atomic E-state index is 11.3. The van der Waals surface area contributed by atoms with E-state index in [1.54, 1.807) is 6.07 Å². The van der Waals surface area contributed by atoms with Crippen LogP contribution in [0.5, 0.6) is 5.75 Å². The Kier molecular flexibility index (Phi) is 3.55. The molecule has 0 aliphatic rings. The average molecular weight is 277 g/mol. The van der Waals surface area contributed by atoms with E-state index in [2.05, 4.69) is 4.74 Å². The number of nitrogens with zero attached hydrogens (tertiary/aromatic N) is 2. The van der Waals surface area contributed by atoms with E-state index in [0.29, 0.717) is 0 Å². The van der Waals surface area contributed by atoms with Gasteiger partial charge < -0.3 is 4.74 Å². The molecule has 0 spiro atoms. The molecule has 1 aromatic rings. The number of methoxy groups -OCH3 is 1. The Labute approximate surface area is 101 Å². The number of halogens is 1. The summed E-state index contributed by atoms with van der Waals surface area (Å²) in [7, 11) is 1.85. The van der Waals surface area contributed by atoms with Crippen molar-refractivity contribution in [2.24, 2.45) is 0 Å². The molecular formula is C8H5ClN2O5S. The van der Waals surface area contributed by atoms with Gasteiger partial charge in [-0.05, 0) is 6.07 Å². The molecule has 0 heterocycles. The van der Waals surface area contributed by atoms with Gasteiger partial charge in [-0.3, -0.25) is 10.1 Å². The summed E-state index contributed by atoms with van der Waals surface area (Å²) in [4.78, 5) is 9.14. The molecule has 0 bridgehead atoms. The van der Waals surface area contributed by atoms with Crippen LogP contribution in [0.1, 0.15) is 5.56 Å². The highest BCUT2D eigenvalue weighted by Gasteiger charge is 2.29. The summed E-state index contributed by atoms with van der Waals surface area (Å²) in [5.74, 6) is -0.552. The van der Waals surface area contributed by atoms with E-state index in [-0.39, 0.29) is 5.56 Å². The summed E-state index contributed by atoms with van der Waals surface area (Å²) in [6.45, 7) is 0. The van der Waals surface area contributed by atoms with E-state index in [4.69, 9.17) is 15.9 Å². The number of hydrogen-bond acceptors (Lipinski definition) is 6. The minimum atomic E-state index is -4.32. The number of rotatable bonds is 3. The molecule has 9 heteroatoms. The Morgan fingerprint density at radius 2 is 2.12 bits per heavy atom. The zero-order chi connectivity index (χ0) is 13.2. The number of nitro benzene ring substituents is 1. The van der Waals surface area contributed by atoms with Crippen molar-refractivity contribution in [1.82, 2.24) is 0 Å². The molecule has 0 atom stereocenters. The maximum Gasteiger partial charge on any atom is 0.312 e. The Bertz CT molecular complexity index is 620. The van der Waals surface area contributed by atoms with Crippen LogP contribution >= 0.6 is 10.7 Å². The third kappa shape index (κ3) is 2.46. The number of hydrogen-bond donors (Lipinski definition) is 0. The fourth-order valence-electron chi connectivity index (χ4n) is 1.22. The highest BCUT2D eigenvalue weighted by atomic mass is 35.7. The molecule has 0 amide bonds. The molecule has 0 unspecified atom stereocenters. The van der Waals surface area contributed by atoms with Crippen molar-refractivity contribution in [3.63, 3.8) is 0 Å². The zero-order valence-electron chi connectivity index (χ0n) is 8.38. The van der Waals surface area contributed by atoms with Gasteiger partial charge in [0.1, 0.15) is 11.0 Å². The van der Waals surface area contributed by atoms with E-state index in [1.165, 1.54) is 0 Å². The van der Waals surface area contributed by atoms with E-state index < -0.39 is 30.3 Å². The summed E-state index contributed by atoms with van der Waals surface area (Å²) in [5.41, 5.74) is -0.895. The smallest absolute Gasteiger partial charge is 0.312 e. The van der Waals surface area contributed by atoms with Crippen LogP contribution in [0.4, 0.5) is 5.69 Å². The van der Waals surface area contributed by atoms with Crippen LogP contribution in [0.3, 0.4) is 0 Å². The van der Waals surface area contributed by atoms with Crippen LogP contribution in [0.15, 0.2) is 17.0 Å². The summed E-state index contributed by atoms with van der Waals surface area (Å²) in [5, 5.41) is 19.4. The molecule has 0 aliphatic carbocycles. The number of ether oxygens (including phenoxy) is 1. The van der Waals surface area contributed by atoms with Crippen LogP contribution in [-0.4, -0.2) is 20.5 Å². The first-order chi connectivity index (χ1) is 7.82. The predicted molar refractivity (Wildman–Crippen MR) is 57.4 cm³/mol. The third-order valence-corrected chi connectivity index (χ3v) is 3.21. The van der Waals surface area contributed by atoms with Crippen LogP contribution in [0.25, 0.3) is 0 Å². The second-order valence-electron chi connectivity index (χ2n) is 2.80. The van der Waals surface area contributed by atoms with E-state index >= 15 is 0 Å². The van der Waals surface area contributed by atoms with Gasteiger partial charge in [-0.15, -0.1) is 0 Å².